The first-order chi connectivity index (χ1) is 17.6. The third-order valence-electron chi connectivity index (χ3n) is 7.42. The van der Waals surface area contributed by atoms with Crippen LogP contribution in [0.25, 0.3) is 0 Å². The highest BCUT2D eigenvalue weighted by Crippen LogP contribution is 2.29. The maximum atomic E-state index is 13.2. The van der Waals surface area contributed by atoms with Gasteiger partial charge in [0.1, 0.15) is 11.8 Å². The van der Waals surface area contributed by atoms with Crippen LogP contribution in [0.3, 0.4) is 0 Å². The molecule has 0 saturated heterocycles. The van der Waals surface area contributed by atoms with E-state index >= 15 is 0 Å². The van der Waals surface area contributed by atoms with Crippen molar-refractivity contribution >= 4 is 17.5 Å². The number of nitrogens with zero attached hydrogens (tertiary/aromatic N) is 2. The number of nitrogens with one attached hydrogen (secondary N) is 2. The minimum Gasteiger partial charge on any atom is -0.497 e. The summed E-state index contributed by atoms with van der Waals surface area (Å²) < 4.78 is 5.24. The van der Waals surface area contributed by atoms with Crippen molar-refractivity contribution in [3.63, 3.8) is 0 Å². The summed E-state index contributed by atoms with van der Waals surface area (Å²) in [6, 6.07) is 14.4. The number of ether oxygens (including phenoxy) is 1. The zero-order valence-electron chi connectivity index (χ0n) is 21.1. The van der Waals surface area contributed by atoms with E-state index in [-0.39, 0.29) is 11.8 Å². The van der Waals surface area contributed by atoms with Gasteiger partial charge in [0, 0.05) is 30.9 Å². The fourth-order valence-electron chi connectivity index (χ4n) is 5.36. The summed E-state index contributed by atoms with van der Waals surface area (Å²) in [5.74, 6) is 0.835. The molecule has 1 aliphatic carbocycles. The molecule has 7 heteroatoms. The summed E-state index contributed by atoms with van der Waals surface area (Å²) in [6.07, 6.45) is 8.70. The molecule has 2 N–H and O–H groups in total. The van der Waals surface area contributed by atoms with E-state index in [0.29, 0.717) is 42.3 Å². The normalized spacial score (nSPS) is 16.1. The Morgan fingerprint density at radius 3 is 2.78 bits per heavy atom. The van der Waals surface area contributed by atoms with Crippen molar-refractivity contribution in [1.29, 1.82) is 5.26 Å². The topological polar surface area (TPSA) is 94.5 Å². The summed E-state index contributed by atoms with van der Waals surface area (Å²) in [5.41, 5.74) is 3.46. The van der Waals surface area contributed by atoms with Crippen molar-refractivity contribution in [3.05, 3.63) is 59.2 Å². The number of hydrogen-bond acceptors (Lipinski definition) is 5. The first kappa shape index (κ1) is 25.6. The van der Waals surface area contributed by atoms with Crippen LogP contribution in [-0.4, -0.2) is 44.6 Å². The summed E-state index contributed by atoms with van der Waals surface area (Å²) in [4.78, 5) is 28.4. The average molecular weight is 489 g/mol. The van der Waals surface area contributed by atoms with Crippen LogP contribution in [0, 0.1) is 17.2 Å². The highest BCUT2D eigenvalue weighted by molar-refractivity contribution is 5.97. The number of hydrogen-bond donors (Lipinski definition) is 2. The molecule has 0 aromatic heterocycles. The maximum Gasteiger partial charge on any atom is 0.252 e. The van der Waals surface area contributed by atoms with E-state index in [4.69, 9.17) is 10.00 Å². The number of anilines is 1. The third kappa shape index (κ3) is 6.57. The first-order valence-electron chi connectivity index (χ1n) is 13.1. The van der Waals surface area contributed by atoms with Crippen LogP contribution in [0.1, 0.15) is 66.4 Å². The van der Waals surface area contributed by atoms with E-state index in [1.807, 2.05) is 18.2 Å². The van der Waals surface area contributed by atoms with Gasteiger partial charge in [-0.05, 0) is 67.1 Å². The van der Waals surface area contributed by atoms with E-state index in [1.165, 1.54) is 37.7 Å². The number of rotatable bonds is 10. The summed E-state index contributed by atoms with van der Waals surface area (Å²) in [5, 5.41) is 15.2. The molecule has 7 nitrogen and oxygen atoms in total. The average Bonchev–Trinajstić information content (AvgIpc) is 3.33. The lowest BCUT2D eigenvalue weighted by Gasteiger charge is -2.25. The number of carbonyl (C=O) groups excluding carboxylic acids is 2. The minimum atomic E-state index is -0.574. The van der Waals surface area contributed by atoms with Gasteiger partial charge in [-0.15, -0.1) is 0 Å². The fourth-order valence-corrected chi connectivity index (χ4v) is 5.36. The van der Waals surface area contributed by atoms with Gasteiger partial charge in [-0.3, -0.25) is 9.59 Å². The van der Waals surface area contributed by atoms with E-state index < -0.39 is 6.04 Å². The Labute approximate surface area is 213 Å². The molecular formula is C29H36N4O3. The molecule has 1 heterocycles. The van der Waals surface area contributed by atoms with Crippen LogP contribution in [0.15, 0.2) is 42.5 Å². The van der Waals surface area contributed by atoms with Crippen LogP contribution in [0.2, 0.25) is 0 Å². The molecular weight excluding hydrogens is 452 g/mol. The Morgan fingerprint density at radius 1 is 1.17 bits per heavy atom. The Kier molecular flexibility index (Phi) is 8.83. The number of fused-ring (bicyclic) bond motifs is 1. The van der Waals surface area contributed by atoms with E-state index in [1.54, 1.807) is 31.4 Å². The quantitative estimate of drug-likeness (QED) is 0.523. The Balaban J connectivity index is 1.35. The van der Waals surface area contributed by atoms with Gasteiger partial charge in [0.25, 0.3) is 5.91 Å². The lowest BCUT2D eigenvalue weighted by atomic mass is 9.85. The molecule has 36 heavy (non-hydrogen) atoms. The Hall–Kier alpha value is -3.53. The van der Waals surface area contributed by atoms with Crippen LogP contribution >= 0.6 is 0 Å². The van der Waals surface area contributed by atoms with Crippen molar-refractivity contribution in [2.24, 2.45) is 5.92 Å². The Bertz CT molecular complexity index is 1100. The van der Waals surface area contributed by atoms with Crippen molar-refractivity contribution in [2.75, 3.05) is 31.6 Å². The van der Waals surface area contributed by atoms with E-state index in [2.05, 4.69) is 21.6 Å². The molecule has 190 valence electrons. The van der Waals surface area contributed by atoms with Gasteiger partial charge in [0.05, 0.1) is 18.7 Å². The van der Waals surface area contributed by atoms with Crippen molar-refractivity contribution in [3.8, 4) is 11.8 Å². The second-order valence-corrected chi connectivity index (χ2v) is 9.82. The molecule has 1 fully saturated rings. The molecule has 1 atom stereocenters. The molecule has 0 spiro atoms. The van der Waals surface area contributed by atoms with Crippen molar-refractivity contribution in [1.82, 2.24) is 10.6 Å². The molecule has 0 bridgehead atoms. The SMILES string of the molecule is COc1cccc(C(=O)NC(CCC2CCCCC2)C(=O)NCCN2CCc3cc(C#N)ccc32)c1. The smallest absolute Gasteiger partial charge is 0.252 e. The second-order valence-electron chi connectivity index (χ2n) is 9.82. The highest BCUT2D eigenvalue weighted by Gasteiger charge is 2.25. The second kappa shape index (κ2) is 12.4. The minimum absolute atomic E-state index is 0.138. The molecule has 2 aromatic rings. The van der Waals surface area contributed by atoms with Crippen molar-refractivity contribution < 1.29 is 14.3 Å². The van der Waals surface area contributed by atoms with Crippen LogP contribution < -0.4 is 20.3 Å². The number of amides is 2. The molecule has 1 saturated carbocycles. The van der Waals surface area contributed by atoms with Crippen molar-refractivity contribution in [2.45, 2.75) is 57.4 Å². The molecule has 2 aromatic carbocycles. The fraction of sp³-hybridized carbons (Fsp3) is 0.483. The number of nitriles is 1. The molecule has 4 rings (SSSR count). The standard InChI is InChI=1S/C29H36N4O3/c1-36-25-9-5-8-24(19-25)28(34)32-26(12-10-21-6-3-2-4-7-21)29(35)31-15-17-33-16-14-23-18-22(20-30)11-13-27(23)33/h5,8-9,11,13,18-19,21,26H,2-4,6-7,10,12,14-17H2,1H3,(H,31,35)(H,32,34). The molecule has 1 unspecified atom stereocenters. The van der Waals surface area contributed by atoms with Gasteiger partial charge in [-0.25, -0.2) is 0 Å². The Morgan fingerprint density at radius 2 is 2.00 bits per heavy atom. The van der Waals surface area contributed by atoms with Gasteiger partial charge in [-0.1, -0.05) is 38.2 Å². The first-order valence-corrected chi connectivity index (χ1v) is 13.1. The van der Waals surface area contributed by atoms with E-state index in [0.717, 1.165) is 25.1 Å². The zero-order valence-corrected chi connectivity index (χ0v) is 21.1. The monoisotopic (exact) mass is 488 g/mol. The number of carbonyl (C=O) groups is 2. The number of methoxy groups -OCH3 is 1. The maximum absolute atomic E-state index is 13.2. The van der Waals surface area contributed by atoms with Crippen LogP contribution in [0.4, 0.5) is 5.69 Å². The van der Waals surface area contributed by atoms with Gasteiger partial charge in [0.15, 0.2) is 0 Å². The van der Waals surface area contributed by atoms with E-state index in [9.17, 15) is 9.59 Å². The summed E-state index contributed by atoms with van der Waals surface area (Å²) in [7, 11) is 1.57. The highest BCUT2D eigenvalue weighted by atomic mass is 16.5. The number of benzene rings is 2. The van der Waals surface area contributed by atoms with Crippen LogP contribution in [-0.2, 0) is 11.2 Å². The summed E-state index contributed by atoms with van der Waals surface area (Å²) in [6.45, 7) is 2.05. The van der Waals surface area contributed by atoms with Gasteiger partial charge in [-0.2, -0.15) is 5.26 Å². The molecule has 1 aliphatic heterocycles. The largest absolute Gasteiger partial charge is 0.497 e. The van der Waals surface area contributed by atoms with Crippen LogP contribution in [0.5, 0.6) is 5.75 Å². The molecule has 0 radical (unpaired) electrons. The lowest BCUT2D eigenvalue weighted by molar-refractivity contribution is -0.123. The summed E-state index contributed by atoms with van der Waals surface area (Å²) >= 11 is 0. The molecule has 2 amide bonds. The zero-order chi connectivity index (χ0) is 25.3. The predicted octanol–water partition coefficient (Wildman–Crippen LogP) is 4.20. The van der Waals surface area contributed by atoms with Gasteiger partial charge in [0.2, 0.25) is 5.91 Å². The third-order valence-corrected chi connectivity index (χ3v) is 7.42. The van der Waals surface area contributed by atoms with Gasteiger partial charge >= 0.3 is 0 Å². The predicted molar refractivity (Wildman–Crippen MR) is 140 cm³/mol. The molecule has 2 aliphatic rings. The lowest BCUT2D eigenvalue weighted by Crippen LogP contribution is -2.48. The van der Waals surface area contributed by atoms with Gasteiger partial charge < -0.3 is 20.3 Å².